The first kappa shape index (κ1) is 15.1. The monoisotopic (exact) mass is 253 g/mol. The second kappa shape index (κ2) is 8.22. The molecule has 0 bridgehead atoms. The highest BCUT2D eigenvalue weighted by atomic mass is 19.1. The zero-order valence-corrected chi connectivity index (χ0v) is 11.6. The molecule has 0 saturated carbocycles. The van der Waals surface area contributed by atoms with Crippen LogP contribution in [0.25, 0.3) is 0 Å². The van der Waals surface area contributed by atoms with Crippen molar-refractivity contribution < 1.29 is 9.13 Å². The van der Waals surface area contributed by atoms with Gasteiger partial charge >= 0.3 is 0 Å². The fourth-order valence-electron chi connectivity index (χ4n) is 1.73. The highest BCUT2D eigenvalue weighted by molar-refractivity contribution is 5.23. The van der Waals surface area contributed by atoms with Crippen molar-refractivity contribution in [3.8, 4) is 0 Å². The van der Waals surface area contributed by atoms with E-state index in [4.69, 9.17) is 4.74 Å². The van der Waals surface area contributed by atoms with Gasteiger partial charge in [0.15, 0.2) is 0 Å². The molecule has 0 aliphatic rings. The van der Waals surface area contributed by atoms with Gasteiger partial charge in [0.25, 0.3) is 0 Å². The van der Waals surface area contributed by atoms with E-state index >= 15 is 0 Å². The lowest BCUT2D eigenvalue weighted by Crippen LogP contribution is -2.16. The van der Waals surface area contributed by atoms with Gasteiger partial charge in [-0.05, 0) is 46.2 Å². The lowest BCUT2D eigenvalue weighted by Gasteiger charge is -2.08. The van der Waals surface area contributed by atoms with Crippen molar-refractivity contribution in [2.75, 3.05) is 13.2 Å². The summed E-state index contributed by atoms with van der Waals surface area (Å²) in [6.07, 6.45) is 2.40. The molecule has 102 valence electrons. The molecule has 0 aromatic heterocycles. The van der Waals surface area contributed by atoms with Gasteiger partial charge in [0, 0.05) is 18.7 Å². The summed E-state index contributed by atoms with van der Waals surface area (Å²) in [6, 6.07) is 5.22. The molecule has 1 N–H and O–H groups in total. The maximum Gasteiger partial charge on any atom is 0.127 e. The normalized spacial score (nSPS) is 11.2. The van der Waals surface area contributed by atoms with Gasteiger partial charge in [-0.15, -0.1) is 0 Å². The Morgan fingerprint density at radius 3 is 2.78 bits per heavy atom. The van der Waals surface area contributed by atoms with Crippen LogP contribution in [0.2, 0.25) is 0 Å². The van der Waals surface area contributed by atoms with Gasteiger partial charge < -0.3 is 10.1 Å². The van der Waals surface area contributed by atoms with E-state index in [1.807, 2.05) is 26.8 Å². The average molecular weight is 253 g/mol. The fourth-order valence-corrected chi connectivity index (χ4v) is 1.73. The predicted octanol–water partition coefficient (Wildman–Crippen LogP) is 3.43. The molecule has 1 rings (SSSR count). The zero-order chi connectivity index (χ0) is 13.4. The summed E-state index contributed by atoms with van der Waals surface area (Å²) in [7, 11) is 0. The molecule has 1 aromatic carbocycles. The molecule has 0 aliphatic carbocycles. The number of halogens is 1. The van der Waals surface area contributed by atoms with E-state index in [0.717, 1.165) is 37.1 Å². The van der Waals surface area contributed by atoms with E-state index in [0.29, 0.717) is 12.6 Å². The number of aryl methyl sites for hydroxylation is 1. The van der Waals surface area contributed by atoms with Crippen molar-refractivity contribution in [1.29, 1.82) is 0 Å². The number of nitrogens with one attached hydrogen (secondary N) is 1. The SMILES string of the molecule is Cc1ccc(F)c(CNCCCCOC(C)C)c1. The molecule has 0 atom stereocenters. The minimum absolute atomic E-state index is 0.128. The number of hydrogen-bond acceptors (Lipinski definition) is 2. The maximum absolute atomic E-state index is 13.4. The second-order valence-electron chi connectivity index (χ2n) is 4.90. The molecule has 3 heteroatoms. The van der Waals surface area contributed by atoms with Crippen molar-refractivity contribution in [3.63, 3.8) is 0 Å². The average Bonchev–Trinajstić information content (AvgIpc) is 2.32. The van der Waals surface area contributed by atoms with Crippen molar-refractivity contribution in [2.24, 2.45) is 0 Å². The van der Waals surface area contributed by atoms with E-state index in [2.05, 4.69) is 5.32 Å². The number of benzene rings is 1. The van der Waals surface area contributed by atoms with Gasteiger partial charge in [-0.1, -0.05) is 17.7 Å². The summed E-state index contributed by atoms with van der Waals surface area (Å²) < 4.78 is 18.9. The lowest BCUT2D eigenvalue weighted by molar-refractivity contribution is 0.0760. The van der Waals surface area contributed by atoms with E-state index in [1.54, 1.807) is 6.07 Å². The van der Waals surface area contributed by atoms with Crippen LogP contribution in [-0.2, 0) is 11.3 Å². The van der Waals surface area contributed by atoms with E-state index in [1.165, 1.54) is 6.07 Å². The zero-order valence-electron chi connectivity index (χ0n) is 11.6. The first-order chi connectivity index (χ1) is 8.59. The second-order valence-corrected chi connectivity index (χ2v) is 4.90. The third-order valence-electron chi connectivity index (χ3n) is 2.72. The molecule has 0 unspecified atom stereocenters. The van der Waals surface area contributed by atoms with Crippen LogP contribution in [0.4, 0.5) is 4.39 Å². The highest BCUT2D eigenvalue weighted by Gasteiger charge is 2.01. The summed E-state index contributed by atoms with van der Waals surface area (Å²) in [6.45, 7) is 8.36. The first-order valence-electron chi connectivity index (χ1n) is 6.67. The van der Waals surface area contributed by atoms with Crippen molar-refractivity contribution in [1.82, 2.24) is 5.32 Å². The smallest absolute Gasteiger partial charge is 0.127 e. The Hall–Kier alpha value is -0.930. The third-order valence-corrected chi connectivity index (χ3v) is 2.72. The number of rotatable bonds is 8. The topological polar surface area (TPSA) is 21.3 Å². The van der Waals surface area contributed by atoms with Crippen molar-refractivity contribution in [3.05, 3.63) is 35.1 Å². The molecular weight excluding hydrogens is 229 g/mol. The van der Waals surface area contributed by atoms with Gasteiger partial charge in [-0.3, -0.25) is 0 Å². The van der Waals surface area contributed by atoms with Gasteiger partial charge in [0.1, 0.15) is 5.82 Å². The van der Waals surface area contributed by atoms with Crippen LogP contribution >= 0.6 is 0 Å². The molecule has 0 aliphatic heterocycles. The van der Waals surface area contributed by atoms with E-state index in [-0.39, 0.29) is 5.82 Å². The molecule has 0 heterocycles. The number of hydrogen-bond donors (Lipinski definition) is 1. The molecule has 0 spiro atoms. The quantitative estimate of drug-likeness (QED) is 0.717. The minimum atomic E-state index is -0.128. The summed E-state index contributed by atoms with van der Waals surface area (Å²) in [4.78, 5) is 0. The van der Waals surface area contributed by atoms with E-state index < -0.39 is 0 Å². The van der Waals surface area contributed by atoms with Crippen LogP contribution < -0.4 is 5.32 Å². The van der Waals surface area contributed by atoms with Gasteiger partial charge in [-0.25, -0.2) is 4.39 Å². The minimum Gasteiger partial charge on any atom is -0.379 e. The molecule has 1 aromatic rings. The van der Waals surface area contributed by atoms with Gasteiger partial charge in [-0.2, -0.15) is 0 Å². The van der Waals surface area contributed by atoms with Crippen LogP contribution in [0.1, 0.15) is 37.8 Å². The Morgan fingerprint density at radius 2 is 2.06 bits per heavy atom. The molecule has 0 amide bonds. The summed E-state index contributed by atoms with van der Waals surface area (Å²) in [5.41, 5.74) is 1.84. The first-order valence-corrected chi connectivity index (χ1v) is 6.67. The Bertz CT molecular complexity index is 352. The van der Waals surface area contributed by atoms with E-state index in [9.17, 15) is 4.39 Å². The predicted molar refractivity (Wildman–Crippen MR) is 73.2 cm³/mol. The largest absolute Gasteiger partial charge is 0.379 e. The van der Waals surface area contributed by atoms with Crippen LogP contribution in [0.3, 0.4) is 0 Å². The molecule has 18 heavy (non-hydrogen) atoms. The Balaban J connectivity index is 2.12. The number of unbranched alkanes of at least 4 members (excludes halogenated alkanes) is 1. The molecular formula is C15H24FNO. The van der Waals surface area contributed by atoms with Gasteiger partial charge in [0.05, 0.1) is 6.10 Å². The Kier molecular flexibility index (Phi) is 6.91. The Labute approximate surface area is 110 Å². The van der Waals surface area contributed by atoms with Crippen molar-refractivity contribution >= 4 is 0 Å². The van der Waals surface area contributed by atoms with Crippen molar-refractivity contribution in [2.45, 2.75) is 46.3 Å². The van der Waals surface area contributed by atoms with Gasteiger partial charge in [0.2, 0.25) is 0 Å². The standard InChI is InChI=1S/C15H24FNO/c1-12(2)18-9-5-4-8-17-11-14-10-13(3)6-7-15(14)16/h6-7,10,12,17H,4-5,8-9,11H2,1-3H3. The maximum atomic E-state index is 13.4. The molecule has 0 saturated heterocycles. The summed E-state index contributed by atoms with van der Waals surface area (Å²) >= 11 is 0. The van der Waals surface area contributed by atoms with Crippen LogP contribution in [0.5, 0.6) is 0 Å². The summed E-state index contributed by atoms with van der Waals surface area (Å²) in [5.74, 6) is -0.128. The lowest BCUT2D eigenvalue weighted by atomic mass is 10.1. The molecule has 2 nitrogen and oxygen atoms in total. The van der Waals surface area contributed by atoms with Crippen LogP contribution in [0.15, 0.2) is 18.2 Å². The fraction of sp³-hybridized carbons (Fsp3) is 0.600. The molecule has 0 radical (unpaired) electrons. The van der Waals surface area contributed by atoms with Crippen LogP contribution in [0, 0.1) is 12.7 Å². The Morgan fingerprint density at radius 1 is 1.28 bits per heavy atom. The van der Waals surface area contributed by atoms with Crippen LogP contribution in [-0.4, -0.2) is 19.3 Å². The summed E-state index contributed by atoms with van der Waals surface area (Å²) in [5, 5.41) is 3.26. The highest BCUT2D eigenvalue weighted by Crippen LogP contribution is 2.09. The third kappa shape index (κ3) is 6.12. The molecule has 0 fully saturated rings. The number of ether oxygens (including phenoxy) is 1.